The van der Waals surface area contributed by atoms with Gasteiger partial charge < -0.3 is 20.5 Å². The molecule has 3 rings (SSSR count). The van der Waals surface area contributed by atoms with Crippen molar-refractivity contribution in [1.29, 1.82) is 10.8 Å². The third-order valence-electron chi connectivity index (χ3n) is 5.34. The lowest BCUT2D eigenvalue weighted by atomic mass is 9.85. The molecule has 8 heteroatoms. The van der Waals surface area contributed by atoms with Crippen molar-refractivity contribution >= 4 is 11.9 Å². The van der Waals surface area contributed by atoms with E-state index in [0.717, 1.165) is 11.1 Å². The summed E-state index contributed by atoms with van der Waals surface area (Å²) in [5.74, 6) is 0.833. The summed E-state index contributed by atoms with van der Waals surface area (Å²) >= 11 is 0. The summed E-state index contributed by atoms with van der Waals surface area (Å²) in [5.41, 5.74) is 6.96. The molecule has 0 bridgehead atoms. The van der Waals surface area contributed by atoms with Gasteiger partial charge in [-0.1, -0.05) is 38.1 Å². The number of methoxy groups -OCH3 is 1. The predicted octanol–water partition coefficient (Wildman–Crippen LogP) is 3.09. The molecule has 0 radical (unpaired) electrons. The minimum atomic E-state index is -0.557. The molecule has 2 amide bonds. The van der Waals surface area contributed by atoms with Crippen molar-refractivity contribution < 1.29 is 14.3 Å². The molecule has 30 heavy (non-hydrogen) atoms. The van der Waals surface area contributed by atoms with E-state index < -0.39 is 11.4 Å². The first kappa shape index (κ1) is 21.6. The van der Waals surface area contributed by atoms with E-state index >= 15 is 0 Å². The molecule has 1 aliphatic rings. The van der Waals surface area contributed by atoms with Gasteiger partial charge in [-0.05, 0) is 36.1 Å². The molecule has 0 saturated carbocycles. The number of carbonyl (C=O) groups is 1. The Labute approximate surface area is 176 Å². The molecule has 2 aromatic rings. The molecule has 1 aliphatic carbocycles. The Morgan fingerprint density at radius 2 is 1.93 bits per heavy atom. The minimum absolute atomic E-state index is 0.137. The van der Waals surface area contributed by atoms with Crippen LogP contribution in [0.4, 0.5) is 4.79 Å². The SMILES string of the molecule is COCC(C)(C)C(=N)n1cc(OC2CCC(NC(N)=O)c3ccccc32)ccc1=N. The van der Waals surface area contributed by atoms with E-state index in [9.17, 15) is 4.79 Å². The first-order valence-corrected chi connectivity index (χ1v) is 9.90. The van der Waals surface area contributed by atoms with E-state index in [1.165, 1.54) is 4.57 Å². The van der Waals surface area contributed by atoms with Crippen LogP contribution in [-0.2, 0) is 4.74 Å². The maximum Gasteiger partial charge on any atom is 0.312 e. The van der Waals surface area contributed by atoms with Crippen molar-refractivity contribution in [3.8, 4) is 5.75 Å². The number of benzene rings is 1. The van der Waals surface area contributed by atoms with Crippen LogP contribution in [0.1, 0.15) is 50.0 Å². The normalized spacial score (nSPS) is 18.4. The molecule has 0 fully saturated rings. The summed E-state index contributed by atoms with van der Waals surface area (Å²) in [5, 5.41) is 19.6. The largest absolute Gasteiger partial charge is 0.484 e. The predicted molar refractivity (Wildman–Crippen MR) is 114 cm³/mol. The highest BCUT2D eigenvalue weighted by molar-refractivity contribution is 5.86. The number of urea groups is 1. The number of ether oxygens (including phenoxy) is 2. The van der Waals surface area contributed by atoms with Gasteiger partial charge in [-0.3, -0.25) is 15.4 Å². The smallest absolute Gasteiger partial charge is 0.312 e. The van der Waals surface area contributed by atoms with E-state index in [4.69, 9.17) is 26.0 Å². The van der Waals surface area contributed by atoms with Gasteiger partial charge in [0.1, 0.15) is 23.2 Å². The molecule has 0 aliphatic heterocycles. The Morgan fingerprint density at radius 3 is 2.60 bits per heavy atom. The number of carbonyl (C=O) groups excluding carboxylic acids is 1. The highest BCUT2D eigenvalue weighted by Gasteiger charge is 2.30. The summed E-state index contributed by atoms with van der Waals surface area (Å²) in [6.45, 7) is 4.18. The zero-order chi connectivity index (χ0) is 21.9. The number of fused-ring (bicyclic) bond motifs is 1. The maximum absolute atomic E-state index is 11.3. The molecule has 0 saturated heterocycles. The van der Waals surface area contributed by atoms with Crippen LogP contribution in [0, 0.1) is 16.2 Å². The van der Waals surface area contributed by atoms with Gasteiger partial charge in [0.05, 0.1) is 18.8 Å². The third kappa shape index (κ3) is 4.54. The molecule has 0 spiro atoms. The second kappa shape index (κ2) is 8.71. The molecule has 160 valence electrons. The first-order chi connectivity index (χ1) is 14.2. The third-order valence-corrected chi connectivity index (χ3v) is 5.34. The lowest BCUT2D eigenvalue weighted by Crippen LogP contribution is -2.39. The zero-order valence-electron chi connectivity index (χ0n) is 17.6. The molecule has 2 unspecified atom stereocenters. The zero-order valence-corrected chi connectivity index (χ0v) is 17.6. The topological polar surface area (TPSA) is 126 Å². The number of hydrogen-bond donors (Lipinski definition) is 4. The molecule has 1 heterocycles. The molecule has 5 N–H and O–H groups in total. The molecular weight excluding hydrogens is 382 g/mol. The summed E-state index contributed by atoms with van der Waals surface area (Å²) in [4.78, 5) is 11.3. The number of rotatable bonds is 6. The summed E-state index contributed by atoms with van der Waals surface area (Å²) in [6, 6.07) is 10.5. The second-order valence-corrected chi connectivity index (χ2v) is 8.16. The highest BCUT2D eigenvalue weighted by atomic mass is 16.5. The molecule has 2 atom stereocenters. The summed E-state index contributed by atoms with van der Waals surface area (Å²) < 4.78 is 13.0. The van der Waals surface area contributed by atoms with Crippen LogP contribution >= 0.6 is 0 Å². The van der Waals surface area contributed by atoms with E-state index in [-0.39, 0.29) is 23.5 Å². The fourth-order valence-corrected chi connectivity index (χ4v) is 3.85. The number of nitrogens with one attached hydrogen (secondary N) is 3. The van der Waals surface area contributed by atoms with Gasteiger partial charge in [-0.25, -0.2) is 4.79 Å². The average molecular weight is 412 g/mol. The van der Waals surface area contributed by atoms with E-state index in [1.54, 1.807) is 25.4 Å². The monoisotopic (exact) mass is 411 g/mol. The van der Waals surface area contributed by atoms with Crippen molar-refractivity contribution in [1.82, 2.24) is 9.88 Å². The molecule has 1 aromatic carbocycles. The molecule has 8 nitrogen and oxygen atoms in total. The highest BCUT2D eigenvalue weighted by Crippen LogP contribution is 2.38. The number of pyridine rings is 1. The Bertz CT molecular complexity index is 998. The fraction of sp³-hybridized carbons (Fsp3) is 0.409. The maximum atomic E-state index is 11.3. The van der Waals surface area contributed by atoms with Crippen LogP contribution in [-0.4, -0.2) is 30.2 Å². The Morgan fingerprint density at radius 1 is 1.23 bits per heavy atom. The first-order valence-electron chi connectivity index (χ1n) is 9.90. The van der Waals surface area contributed by atoms with Crippen LogP contribution in [0.5, 0.6) is 5.75 Å². The van der Waals surface area contributed by atoms with Crippen molar-refractivity contribution in [3.05, 3.63) is 59.2 Å². The van der Waals surface area contributed by atoms with Gasteiger partial charge in [0, 0.05) is 12.5 Å². The molecule has 1 aromatic heterocycles. The van der Waals surface area contributed by atoms with Gasteiger partial charge in [-0.2, -0.15) is 0 Å². The lowest BCUT2D eigenvalue weighted by molar-refractivity contribution is 0.140. The van der Waals surface area contributed by atoms with Crippen LogP contribution in [0.2, 0.25) is 0 Å². The number of aromatic nitrogens is 1. The van der Waals surface area contributed by atoms with Crippen molar-refractivity contribution in [2.45, 2.75) is 38.8 Å². The number of amides is 2. The Balaban J connectivity index is 1.87. The Kier molecular flexibility index (Phi) is 6.26. The van der Waals surface area contributed by atoms with Crippen LogP contribution in [0.15, 0.2) is 42.6 Å². The van der Waals surface area contributed by atoms with Gasteiger partial charge in [0.2, 0.25) is 0 Å². The van der Waals surface area contributed by atoms with Gasteiger partial charge in [0.25, 0.3) is 0 Å². The van der Waals surface area contributed by atoms with Crippen molar-refractivity contribution in [2.24, 2.45) is 11.1 Å². The number of nitrogens with two attached hydrogens (primary N) is 1. The van der Waals surface area contributed by atoms with E-state index in [1.807, 2.05) is 38.1 Å². The fourth-order valence-electron chi connectivity index (χ4n) is 3.85. The molecular formula is C22H29N5O3. The second-order valence-electron chi connectivity index (χ2n) is 8.16. The standard InChI is InChI=1S/C22H29N5O3/c1-22(2,13-29-3)20(24)27-12-14(8-11-19(27)23)30-18-10-9-17(26-21(25)28)15-6-4-5-7-16(15)18/h4-8,11-12,17-18,23-24H,9-10,13H2,1-3H3,(H3,25,26,28). The summed E-state index contributed by atoms with van der Waals surface area (Å²) in [7, 11) is 1.60. The number of hydrogen-bond acceptors (Lipinski definition) is 5. The summed E-state index contributed by atoms with van der Waals surface area (Å²) in [6.07, 6.45) is 2.89. The van der Waals surface area contributed by atoms with Gasteiger partial charge in [0.15, 0.2) is 0 Å². The quantitative estimate of drug-likeness (QED) is 0.431. The number of primary amides is 1. The van der Waals surface area contributed by atoms with Crippen LogP contribution in [0.3, 0.4) is 0 Å². The van der Waals surface area contributed by atoms with Crippen LogP contribution < -0.4 is 21.3 Å². The van der Waals surface area contributed by atoms with Gasteiger partial charge >= 0.3 is 6.03 Å². The van der Waals surface area contributed by atoms with E-state index in [0.29, 0.717) is 25.2 Å². The van der Waals surface area contributed by atoms with Crippen LogP contribution in [0.25, 0.3) is 0 Å². The number of nitrogens with zero attached hydrogens (tertiary/aromatic N) is 1. The van der Waals surface area contributed by atoms with Crippen molar-refractivity contribution in [3.63, 3.8) is 0 Å². The van der Waals surface area contributed by atoms with E-state index in [2.05, 4.69) is 5.32 Å². The van der Waals surface area contributed by atoms with Crippen molar-refractivity contribution in [2.75, 3.05) is 13.7 Å². The Hall–Kier alpha value is -3.13. The minimum Gasteiger partial charge on any atom is -0.484 e. The average Bonchev–Trinajstić information content (AvgIpc) is 2.70. The van der Waals surface area contributed by atoms with Gasteiger partial charge in [-0.15, -0.1) is 0 Å². The lowest BCUT2D eigenvalue weighted by Gasteiger charge is -2.32.